The predicted molar refractivity (Wildman–Crippen MR) is 76.7 cm³/mol. The van der Waals surface area contributed by atoms with Gasteiger partial charge in [-0.1, -0.05) is 18.2 Å². The highest BCUT2D eigenvalue weighted by molar-refractivity contribution is 5.35. The molecule has 23 heavy (non-hydrogen) atoms. The highest BCUT2D eigenvalue weighted by Gasteiger charge is 2.10. The second-order valence-corrected chi connectivity index (χ2v) is 4.67. The van der Waals surface area contributed by atoms with Crippen molar-refractivity contribution in [1.82, 2.24) is 14.8 Å². The largest absolute Gasteiger partial charge is 0.451 e. The molecule has 0 aliphatic carbocycles. The van der Waals surface area contributed by atoms with Crippen molar-refractivity contribution >= 4 is 0 Å². The molecule has 0 saturated carbocycles. The highest BCUT2D eigenvalue weighted by atomic mass is 19.1. The first-order valence-electron chi connectivity index (χ1n) is 6.66. The average Bonchev–Trinajstić information content (AvgIpc) is 2.99. The number of aromatic nitrogens is 3. The van der Waals surface area contributed by atoms with Gasteiger partial charge in [0.2, 0.25) is 0 Å². The van der Waals surface area contributed by atoms with Gasteiger partial charge in [-0.05, 0) is 29.8 Å². The topological polar surface area (TPSA) is 63.7 Å². The maximum Gasteiger partial charge on any atom is 0.252 e. The minimum Gasteiger partial charge on any atom is -0.451 e. The maximum absolute atomic E-state index is 14.1. The molecule has 114 valence electrons. The fraction of sp³-hybridized carbons (Fsp3) is 0.0625. The van der Waals surface area contributed by atoms with Gasteiger partial charge in [0.15, 0.2) is 23.1 Å². The van der Waals surface area contributed by atoms with Crippen LogP contribution >= 0.6 is 0 Å². The number of para-hydroxylation sites is 1. The van der Waals surface area contributed by atoms with E-state index in [-0.39, 0.29) is 23.9 Å². The average molecular weight is 312 g/mol. The number of rotatable bonds is 4. The van der Waals surface area contributed by atoms with Crippen molar-refractivity contribution in [2.75, 3.05) is 0 Å². The lowest BCUT2D eigenvalue weighted by Crippen LogP contribution is -2.01. The molecule has 0 aliphatic heterocycles. The molecule has 0 spiro atoms. The van der Waals surface area contributed by atoms with E-state index in [9.17, 15) is 8.78 Å². The molecule has 3 rings (SSSR count). The van der Waals surface area contributed by atoms with Crippen LogP contribution in [0.25, 0.3) is 0 Å². The van der Waals surface area contributed by atoms with Crippen molar-refractivity contribution < 1.29 is 13.5 Å². The zero-order chi connectivity index (χ0) is 16.2. The first-order valence-corrected chi connectivity index (χ1v) is 6.66. The quantitative estimate of drug-likeness (QED) is 0.741. The van der Waals surface area contributed by atoms with Crippen molar-refractivity contribution in [2.24, 2.45) is 0 Å². The van der Waals surface area contributed by atoms with E-state index in [4.69, 9.17) is 10.00 Å². The van der Waals surface area contributed by atoms with Gasteiger partial charge in [-0.2, -0.15) is 5.26 Å². The Morgan fingerprint density at radius 3 is 2.57 bits per heavy atom. The van der Waals surface area contributed by atoms with Crippen LogP contribution in [0.5, 0.6) is 11.5 Å². The maximum atomic E-state index is 14.1. The van der Waals surface area contributed by atoms with E-state index in [0.717, 1.165) is 0 Å². The first kappa shape index (κ1) is 14.7. The van der Waals surface area contributed by atoms with Gasteiger partial charge in [0, 0.05) is 0 Å². The summed E-state index contributed by atoms with van der Waals surface area (Å²) < 4.78 is 34.3. The normalized spacial score (nSPS) is 10.3. The lowest BCUT2D eigenvalue weighted by Gasteiger charge is -2.09. The lowest BCUT2D eigenvalue weighted by molar-refractivity contribution is 0.414. The molecular weight excluding hydrogens is 302 g/mol. The summed E-state index contributed by atoms with van der Waals surface area (Å²) in [6.45, 7) is 0.256. The molecular formula is C16H10F2N4O. The smallest absolute Gasteiger partial charge is 0.252 e. The highest BCUT2D eigenvalue weighted by Crippen LogP contribution is 2.27. The van der Waals surface area contributed by atoms with Crippen LogP contribution in [0.1, 0.15) is 11.4 Å². The molecule has 0 atom stereocenters. The van der Waals surface area contributed by atoms with Gasteiger partial charge >= 0.3 is 0 Å². The molecule has 5 nitrogen and oxygen atoms in total. The van der Waals surface area contributed by atoms with Gasteiger partial charge in [0.1, 0.15) is 12.4 Å². The second kappa shape index (κ2) is 6.23. The number of ether oxygens (including phenoxy) is 1. The molecule has 0 fully saturated rings. The van der Waals surface area contributed by atoms with E-state index in [0.29, 0.717) is 5.56 Å². The third-order valence-corrected chi connectivity index (χ3v) is 3.03. The molecule has 2 aromatic carbocycles. The Morgan fingerprint density at radius 2 is 1.87 bits per heavy atom. The Hall–Kier alpha value is -3.27. The van der Waals surface area contributed by atoms with Crippen LogP contribution in [0, 0.1) is 23.0 Å². The van der Waals surface area contributed by atoms with Crippen molar-refractivity contribution in [3.05, 3.63) is 71.8 Å². The number of halogens is 2. The Bertz CT molecular complexity index is 886. The number of hydrogen-bond acceptors (Lipinski definition) is 4. The van der Waals surface area contributed by atoms with Crippen molar-refractivity contribution in [1.29, 1.82) is 5.26 Å². The van der Waals surface area contributed by atoms with Gasteiger partial charge in [-0.3, -0.25) is 0 Å². The molecule has 0 saturated heterocycles. The summed E-state index contributed by atoms with van der Waals surface area (Å²) in [6, 6.07) is 11.9. The molecule has 0 amide bonds. The Kier molecular flexibility index (Phi) is 3.97. The van der Waals surface area contributed by atoms with E-state index >= 15 is 0 Å². The zero-order valence-electron chi connectivity index (χ0n) is 11.8. The van der Waals surface area contributed by atoms with Gasteiger partial charge in [-0.15, -0.1) is 5.10 Å². The monoisotopic (exact) mass is 312 g/mol. The van der Waals surface area contributed by atoms with Gasteiger partial charge in [0.05, 0.1) is 6.54 Å². The number of hydrogen-bond donors (Lipinski definition) is 0. The minimum absolute atomic E-state index is 0.0463. The van der Waals surface area contributed by atoms with E-state index < -0.39 is 11.6 Å². The summed E-state index contributed by atoms with van der Waals surface area (Å²) in [5.74, 6) is -1.26. The second-order valence-electron chi connectivity index (χ2n) is 4.67. The fourth-order valence-electron chi connectivity index (χ4n) is 1.98. The number of benzene rings is 2. The predicted octanol–water partition coefficient (Wildman–Crippen LogP) is 3.27. The Morgan fingerprint density at radius 1 is 1.09 bits per heavy atom. The Balaban J connectivity index is 1.78. The SMILES string of the molecule is N#Cc1ncn(Cc2ccc(Oc3ccccc3F)c(F)c2)n1. The van der Waals surface area contributed by atoms with Crippen LogP contribution < -0.4 is 4.74 Å². The van der Waals surface area contributed by atoms with Crippen LogP contribution in [0.4, 0.5) is 8.78 Å². The third-order valence-electron chi connectivity index (χ3n) is 3.03. The minimum atomic E-state index is -0.619. The molecule has 3 aromatic rings. The van der Waals surface area contributed by atoms with E-state index in [1.54, 1.807) is 12.1 Å². The van der Waals surface area contributed by atoms with Crippen LogP contribution in [0.2, 0.25) is 0 Å². The summed E-state index contributed by atoms with van der Waals surface area (Å²) in [4.78, 5) is 3.77. The number of nitrogens with zero attached hydrogens (tertiary/aromatic N) is 4. The van der Waals surface area contributed by atoms with E-state index in [2.05, 4.69) is 10.1 Å². The van der Waals surface area contributed by atoms with E-state index in [1.807, 2.05) is 6.07 Å². The number of nitriles is 1. The molecule has 7 heteroatoms. The summed E-state index contributed by atoms with van der Waals surface area (Å²) in [6.07, 6.45) is 1.39. The van der Waals surface area contributed by atoms with Crippen LogP contribution in [-0.4, -0.2) is 14.8 Å². The summed E-state index contributed by atoms with van der Waals surface area (Å²) in [7, 11) is 0. The van der Waals surface area contributed by atoms with Crippen LogP contribution in [-0.2, 0) is 6.54 Å². The molecule has 0 aliphatic rings. The summed E-state index contributed by atoms with van der Waals surface area (Å²) in [5, 5.41) is 12.6. The Labute approximate surface area is 130 Å². The van der Waals surface area contributed by atoms with Gasteiger partial charge in [-0.25, -0.2) is 18.4 Å². The first-order chi connectivity index (χ1) is 11.2. The van der Waals surface area contributed by atoms with Crippen molar-refractivity contribution in [2.45, 2.75) is 6.54 Å². The van der Waals surface area contributed by atoms with Crippen LogP contribution in [0.3, 0.4) is 0 Å². The van der Waals surface area contributed by atoms with E-state index in [1.165, 1.54) is 41.3 Å². The molecule has 0 unspecified atom stereocenters. The van der Waals surface area contributed by atoms with Crippen molar-refractivity contribution in [3.63, 3.8) is 0 Å². The van der Waals surface area contributed by atoms with Crippen LogP contribution in [0.15, 0.2) is 48.8 Å². The molecule has 1 aromatic heterocycles. The van der Waals surface area contributed by atoms with Gasteiger partial charge < -0.3 is 4.74 Å². The zero-order valence-corrected chi connectivity index (χ0v) is 11.8. The van der Waals surface area contributed by atoms with Crippen molar-refractivity contribution in [3.8, 4) is 17.6 Å². The summed E-state index contributed by atoms with van der Waals surface area (Å²) >= 11 is 0. The molecule has 0 radical (unpaired) electrons. The lowest BCUT2D eigenvalue weighted by atomic mass is 10.2. The fourth-order valence-corrected chi connectivity index (χ4v) is 1.98. The van der Waals surface area contributed by atoms with Gasteiger partial charge in [0.25, 0.3) is 5.82 Å². The standard InChI is InChI=1S/C16H10F2N4O/c17-12-3-1-2-4-14(12)23-15-6-5-11(7-13(15)18)9-22-10-20-16(8-19)21-22/h1-7,10H,9H2. The molecule has 1 heterocycles. The molecule has 0 N–H and O–H groups in total. The third kappa shape index (κ3) is 3.32. The summed E-state index contributed by atoms with van der Waals surface area (Å²) in [5.41, 5.74) is 0.609. The molecule has 0 bridgehead atoms.